The molecule has 1 rings (SSSR count). The predicted molar refractivity (Wildman–Crippen MR) is 80.0 cm³/mol. The number of hydrogen-bond acceptors (Lipinski definition) is 3. The topological polar surface area (TPSA) is 69.6 Å². The van der Waals surface area contributed by atoms with Gasteiger partial charge in [0, 0.05) is 36.1 Å². The van der Waals surface area contributed by atoms with Crippen molar-refractivity contribution in [1.82, 2.24) is 0 Å². The van der Waals surface area contributed by atoms with E-state index in [1.54, 1.807) is 12.1 Å². The number of carboxylic acids is 1. The molecule has 0 atom stereocenters. The average molecular weight is 276 g/mol. The van der Waals surface area contributed by atoms with E-state index in [4.69, 9.17) is 5.11 Å². The van der Waals surface area contributed by atoms with Crippen molar-refractivity contribution in [2.24, 2.45) is 0 Å². The lowest BCUT2D eigenvalue weighted by molar-refractivity contribution is -0.131. The third-order valence-electron chi connectivity index (χ3n) is 2.81. The van der Waals surface area contributed by atoms with Crippen molar-refractivity contribution in [3.8, 4) is 0 Å². The van der Waals surface area contributed by atoms with Crippen LogP contribution in [0.2, 0.25) is 0 Å². The van der Waals surface area contributed by atoms with Crippen molar-refractivity contribution in [2.45, 2.75) is 26.8 Å². The van der Waals surface area contributed by atoms with Crippen molar-refractivity contribution < 1.29 is 14.7 Å². The lowest BCUT2D eigenvalue weighted by atomic mass is 10.2. The summed E-state index contributed by atoms with van der Waals surface area (Å²) in [6.07, 6.45) is 1.80. The number of nitrogens with zero attached hydrogens (tertiary/aromatic N) is 1. The van der Waals surface area contributed by atoms with E-state index in [0.29, 0.717) is 11.7 Å². The highest BCUT2D eigenvalue weighted by Gasteiger charge is 2.08. The van der Waals surface area contributed by atoms with Gasteiger partial charge in [-0.15, -0.1) is 0 Å². The minimum atomic E-state index is -1.15. The fourth-order valence-electron chi connectivity index (χ4n) is 1.91. The van der Waals surface area contributed by atoms with Crippen LogP contribution in [-0.2, 0) is 9.59 Å². The first-order valence-electron chi connectivity index (χ1n) is 6.52. The zero-order valence-corrected chi connectivity index (χ0v) is 12.0. The van der Waals surface area contributed by atoms with Gasteiger partial charge in [-0.2, -0.15) is 0 Å². The molecule has 5 nitrogen and oxygen atoms in total. The molecule has 0 aromatic heterocycles. The highest BCUT2D eigenvalue weighted by atomic mass is 16.4. The third-order valence-corrected chi connectivity index (χ3v) is 2.81. The maximum absolute atomic E-state index is 11.4. The van der Waals surface area contributed by atoms with E-state index < -0.39 is 11.9 Å². The second-order valence-electron chi connectivity index (χ2n) is 4.59. The molecule has 0 aliphatic heterocycles. The summed E-state index contributed by atoms with van der Waals surface area (Å²) in [6, 6.07) is 7.86. The van der Waals surface area contributed by atoms with E-state index >= 15 is 0 Å². The monoisotopic (exact) mass is 276 g/mol. The predicted octanol–water partition coefficient (Wildman–Crippen LogP) is 2.50. The third kappa shape index (κ3) is 4.76. The Morgan fingerprint density at radius 3 is 2.30 bits per heavy atom. The normalized spacial score (nSPS) is 10.8. The van der Waals surface area contributed by atoms with Gasteiger partial charge in [0.15, 0.2) is 0 Å². The van der Waals surface area contributed by atoms with Gasteiger partial charge >= 0.3 is 5.97 Å². The molecule has 0 aliphatic rings. The van der Waals surface area contributed by atoms with Gasteiger partial charge in [0.25, 0.3) is 0 Å². The SMILES string of the molecule is CCN(c1ccc(NC(=O)/C=C/C(=O)O)cc1)C(C)C. The first-order chi connectivity index (χ1) is 9.43. The van der Waals surface area contributed by atoms with Gasteiger partial charge in [-0.05, 0) is 45.0 Å². The van der Waals surface area contributed by atoms with E-state index in [1.807, 2.05) is 12.1 Å². The van der Waals surface area contributed by atoms with Gasteiger partial charge < -0.3 is 15.3 Å². The Morgan fingerprint density at radius 1 is 1.25 bits per heavy atom. The first-order valence-corrected chi connectivity index (χ1v) is 6.52. The Labute approximate surface area is 118 Å². The molecule has 2 N–H and O–H groups in total. The summed E-state index contributed by atoms with van der Waals surface area (Å²) in [4.78, 5) is 24.0. The Bertz CT molecular complexity index is 492. The second-order valence-corrected chi connectivity index (χ2v) is 4.59. The molecule has 0 bridgehead atoms. The lowest BCUT2D eigenvalue weighted by Crippen LogP contribution is -2.30. The van der Waals surface area contributed by atoms with E-state index in [2.05, 4.69) is 31.0 Å². The maximum atomic E-state index is 11.4. The van der Waals surface area contributed by atoms with Crippen LogP contribution >= 0.6 is 0 Å². The van der Waals surface area contributed by atoms with Gasteiger partial charge in [0.05, 0.1) is 0 Å². The number of carbonyl (C=O) groups is 2. The van der Waals surface area contributed by atoms with Crippen molar-refractivity contribution in [3.05, 3.63) is 36.4 Å². The number of amides is 1. The molecule has 1 aromatic rings. The fraction of sp³-hybridized carbons (Fsp3) is 0.333. The maximum Gasteiger partial charge on any atom is 0.328 e. The Hall–Kier alpha value is -2.30. The summed E-state index contributed by atoms with van der Waals surface area (Å²) in [5, 5.41) is 11.0. The number of carbonyl (C=O) groups excluding carboxylic acids is 1. The van der Waals surface area contributed by atoms with E-state index in [-0.39, 0.29) is 0 Å². The van der Waals surface area contributed by atoms with Crippen LogP contribution in [-0.4, -0.2) is 29.6 Å². The molecule has 0 radical (unpaired) electrons. The molecule has 0 aliphatic carbocycles. The molecule has 0 fully saturated rings. The molecule has 1 aromatic carbocycles. The molecule has 0 spiro atoms. The van der Waals surface area contributed by atoms with Crippen LogP contribution in [0, 0.1) is 0 Å². The number of anilines is 2. The van der Waals surface area contributed by atoms with Crippen molar-refractivity contribution >= 4 is 23.3 Å². The Balaban J connectivity index is 2.72. The summed E-state index contributed by atoms with van der Waals surface area (Å²) < 4.78 is 0. The number of nitrogens with one attached hydrogen (secondary N) is 1. The van der Waals surface area contributed by atoms with E-state index in [9.17, 15) is 9.59 Å². The van der Waals surface area contributed by atoms with Gasteiger partial charge in [0.2, 0.25) is 5.91 Å². The minimum Gasteiger partial charge on any atom is -0.478 e. The lowest BCUT2D eigenvalue weighted by Gasteiger charge is -2.27. The summed E-state index contributed by atoms with van der Waals surface area (Å²) >= 11 is 0. The summed E-state index contributed by atoms with van der Waals surface area (Å²) in [7, 11) is 0. The van der Waals surface area contributed by atoms with Crippen molar-refractivity contribution in [3.63, 3.8) is 0 Å². The summed E-state index contributed by atoms with van der Waals surface area (Å²) in [6.45, 7) is 7.24. The summed E-state index contributed by atoms with van der Waals surface area (Å²) in [5.41, 5.74) is 1.72. The second kappa shape index (κ2) is 7.33. The zero-order valence-electron chi connectivity index (χ0n) is 12.0. The standard InChI is InChI=1S/C15H20N2O3/c1-4-17(11(2)3)13-7-5-12(6-8-13)16-14(18)9-10-15(19)20/h5-11H,4H2,1-3H3,(H,16,18)(H,19,20)/b10-9+. The molecule has 20 heavy (non-hydrogen) atoms. The Kier molecular flexibility index (Phi) is 5.77. The van der Waals surface area contributed by atoms with E-state index in [0.717, 1.165) is 24.4 Å². The molecular formula is C15H20N2O3. The van der Waals surface area contributed by atoms with E-state index in [1.165, 1.54) is 0 Å². The quantitative estimate of drug-likeness (QED) is 0.783. The first kappa shape index (κ1) is 15.8. The van der Waals surface area contributed by atoms with Gasteiger partial charge in [-0.25, -0.2) is 4.79 Å². The smallest absolute Gasteiger partial charge is 0.328 e. The van der Waals surface area contributed by atoms with Crippen LogP contribution in [0.4, 0.5) is 11.4 Å². The van der Waals surface area contributed by atoms with Gasteiger partial charge in [-0.1, -0.05) is 0 Å². The van der Waals surface area contributed by atoms with Gasteiger partial charge in [-0.3, -0.25) is 4.79 Å². The number of rotatable bonds is 6. The number of benzene rings is 1. The van der Waals surface area contributed by atoms with Crippen LogP contribution in [0.25, 0.3) is 0 Å². The Morgan fingerprint density at radius 2 is 1.85 bits per heavy atom. The van der Waals surface area contributed by atoms with Crippen LogP contribution in [0.1, 0.15) is 20.8 Å². The molecule has 0 unspecified atom stereocenters. The van der Waals surface area contributed by atoms with Gasteiger partial charge in [0.1, 0.15) is 0 Å². The van der Waals surface area contributed by atoms with Crippen LogP contribution in [0.3, 0.4) is 0 Å². The largest absolute Gasteiger partial charge is 0.478 e. The molecule has 0 saturated carbocycles. The molecule has 5 heteroatoms. The highest BCUT2D eigenvalue weighted by molar-refractivity contribution is 6.02. The molecular weight excluding hydrogens is 256 g/mol. The molecule has 1 amide bonds. The molecule has 0 saturated heterocycles. The highest BCUT2D eigenvalue weighted by Crippen LogP contribution is 2.19. The molecule has 108 valence electrons. The summed E-state index contributed by atoms with van der Waals surface area (Å²) in [5.74, 6) is -1.61. The minimum absolute atomic E-state index is 0.402. The molecule has 0 heterocycles. The number of carboxylic acid groups (broad SMARTS) is 1. The van der Waals surface area contributed by atoms with Crippen LogP contribution in [0.15, 0.2) is 36.4 Å². The average Bonchev–Trinajstić information content (AvgIpc) is 2.39. The number of hydrogen-bond donors (Lipinski definition) is 2. The van der Waals surface area contributed by atoms with Crippen LogP contribution in [0.5, 0.6) is 0 Å². The van der Waals surface area contributed by atoms with Crippen LogP contribution < -0.4 is 10.2 Å². The van der Waals surface area contributed by atoms with Crippen molar-refractivity contribution in [2.75, 3.05) is 16.8 Å². The zero-order chi connectivity index (χ0) is 15.1. The fourth-order valence-corrected chi connectivity index (χ4v) is 1.91. The van der Waals surface area contributed by atoms with Crippen molar-refractivity contribution in [1.29, 1.82) is 0 Å². The number of aliphatic carboxylic acids is 1.